The average Bonchev–Trinajstić information content (AvgIpc) is 3.48. The SMILES string of the molecule is CCCC[N+](O)(C=O)c1cc(CCc2ccc(C3=Cc4ccccc4C4=NCCN34)cc2)cc(OC)c1OC. The molecule has 2 heterocycles. The number of ether oxygens (including phenoxy) is 2. The van der Waals surface area contributed by atoms with Crippen LogP contribution >= 0.6 is 0 Å². The summed E-state index contributed by atoms with van der Waals surface area (Å²) in [7, 11) is 3.09. The molecule has 1 N–H and O–H groups in total. The Bertz CT molecular complexity index is 1410. The van der Waals surface area contributed by atoms with Gasteiger partial charge in [0.2, 0.25) is 11.4 Å². The van der Waals surface area contributed by atoms with Crippen molar-refractivity contribution >= 4 is 29.7 Å². The molecular formula is C32H36N3O4+. The van der Waals surface area contributed by atoms with Gasteiger partial charge < -0.3 is 14.4 Å². The minimum atomic E-state index is -0.837. The number of carbonyl (C=O) groups is 1. The largest absolute Gasteiger partial charge is 0.493 e. The van der Waals surface area contributed by atoms with Crippen molar-refractivity contribution in [1.29, 1.82) is 0 Å². The van der Waals surface area contributed by atoms with Gasteiger partial charge in [0.1, 0.15) is 12.4 Å². The van der Waals surface area contributed by atoms with Crippen molar-refractivity contribution < 1.29 is 19.5 Å². The Hall–Kier alpha value is -3.94. The lowest BCUT2D eigenvalue weighted by atomic mass is 9.96. The molecule has 0 aliphatic carbocycles. The van der Waals surface area contributed by atoms with Crippen LogP contribution in [0, 0.1) is 0 Å². The first-order valence-electron chi connectivity index (χ1n) is 13.6. The second-order valence-electron chi connectivity index (χ2n) is 10.0. The lowest BCUT2D eigenvalue weighted by Gasteiger charge is -2.29. The summed E-state index contributed by atoms with van der Waals surface area (Å²) in [6, 6.07) is 20.9. The molecule has 1 amide bonds. The maximum absolute atomic E-state index is 12.0. The van der Waals surface area contributed by atoms with E-state index in [1.807, 2.05) is 19.1 Å². The van der Waals surface area contributed by atoms with E-state index in [9.17, 15) is 10.0 Å². The van der Waals surface area contributed by atoms with Crippen LogP contribution in [0.5, 0.6) is 11.5 Å². The molecule has 39 heavy (non-hydrogen) atoms. The predicted octanol–water partition coefficient (Wildman–Crippen LogP) is 5.72. The molecule has 0 saturated carbocycles. The third-order valence-electron chi connectivity index (χ3n) is 7.54. The van der Waals surface area contributed by atoms with Crippen LogP contribution in [-0.2, 0) is 17.6 Å². The van der Waals surface area contributed by atoms with Crippen molar-refractivity contribution in [1.82, 2.24) is 9.55 Å². The summed E-state index contributed by atoms with van der Waals surface area (Å²) < 4.78 is 10.3. The van der Waals surface area contributed by atoms with Crippen LogP contribution in [-0.4, -0.2) is 56.2 Å². The summed E-state index contributed by atoms with van der Waals surface area (Å²) in [5.74, 6) is 1.94. The van der Waals surface area contributed by atoms with Gasteiger partial charge in [-0.25, -0.2) is 10.0 Å². The fraction of sp³-hybridized carbons (Fsp3) is 0.312. The van der Waals surface area contributed by atoms with Crippen LogP contribution in [0.4, 0.5) is 5.69 Å². The van der Waals surface area contributed by atoms with E-state index in [2.05, 4.69) is 59.5 Å². The van der Waals surface area contributed by atoms with Crippen LogP contribution in [0.1, 0.15) is 47.6 Å². The molecule has 2 aliphatic rings. The molecule has 2 aliphatic heterocycles. The van der Waals surface area contributed by atoms with E-state index >= 15 is 0 Å². The van der Waals surface area contributed by atoms with Gasteiger partial charge >= 0.3 is 6.41 Å². The fourth-order valence-corrected chi connectivity index (χ4v) is 5.39. The number of hydroxylamine groups is 2. The number of aryl methyl sites for hydroxylation is 2. The molecule has 3 aromatic carbocycles. The highest BCUT2D eigenvalue weighted by Gasteiger charge is 2.35. The molecule has 5 rings (SSSR count). The van der Waals surface area contributed by atoms with Gasteiger partial charge in [-0.3, -0.25) is 4.99 Å². The van der Waals surface area contributed by atoms with Gasteiger partial charge in [-0.2, -0.15) is 0 Å². The molecule has 202 valence electrons. The number of benzene rings is 3. The quantitative estimate of drug-likeness (QED) is 0.150. The zero-order valence-corrected chi connectivity index (χ0v) is 22.9. The van der Waals surface area contributed by atoms with E-state index in [0.29, 0.717) is 30.0 Å². The Morgan fingerprint density at radius 1 is 1.03 bits per heavy atom. The van der Waals surface area contributed by atoms with Crippen molar-refractivity contribution in [3.8, 4) is 11.5 Å². The minimum absolute atomic E-state index is 0.272. The summed E-state index contributed by atoms with van der Waals surface area (Å²) in [5, 5.41) is 11.2. The molecule has 3 aromatic rings. The molecule has 1 unspecified atom stereocenters. The highest BCUT2D eigenvalue weighted by Crippen LogP contribution is 2.41. The van der Waals surface area contributed by atoms with Crippen LogP contribution in [0.3, 0.4) is 0 Å². The van der Waals surface area contributed by atoms with Crippen molar-refractivity contribution in [2.45, 2.75) is 32.6 Å². The van der Waals surface area contributed by atoms with Crippen molar-refractivity contribution in [3.05, 3.63) is 88.5 Å². The zero-order chi connectivity index (χ0) is 27.4. The summed E-state index contributed by atoms with van der Waals surface area (Å²) in [6.45, 7) is 4.00. The number of carbonyl (C=O) groups excluding carboxylic acids is 1. The summed E-state index contributed by atoms with van der Waals surface area (Å²) in [5.41, 5.74) is 7.31. The van der Waals surface area contributed by atoms with Crippen molar-refractivity contribution in [2.75, 3.05) is 33.9 Å². The minimum Gasteiger partial charge on any atom is -0.493 e. The van der Waals surface area contributed by atoms with Gasteiger partial charge in [0.15, 0.2) is 5.75 Å². The number of quaternary nitrogens is 1. The number of amidine groups is 1. The average molecular weight is 527 g/mol. The molecule has 0 saturated heterocycles. The third-order valence-corrected chi connectivity index (χ3v) is 7.54. The molecule has 0 radical (unpaired) electrons. The molecule has 0 bridgehead atoms. The number of amides is 1. The Labute approximate surface area is 230 Å². The van der Waals surface area contributed by atoms with E-state index in [1.165, 1.54) is 35.1 Å². The number of rotatable bonds is 11. The first-order chi connectivity index (χ1) is 19.0. The van der Waals surface area contributed by atoms with E-state index in [-0.39, 0.29) is 6.54 Å². The monoisotopic (exact) mass is 526 g/mol. The summed E-state index contributed by atoms with van der Waals surface area (Å²) >= 11 is 0. The fourth-order valence-electron chi connectivity index (χ4n) is 5.39. The molecule has 7 heteroatoms. The highest BCUT2D eigenvalue weighted by atomic mass is 16.6. The normalized spacial score (nSPS) is 15.5. The van der Waals surface area contributed by atoms with Crippen LogP contribution in [0.25, 0.3) is 11.8 Å². The van der Waals surface area contributed by atoms with E-state index < -0.39 is 4.65 Å². The van der Waals surface area contributed by atoms with Gasteiger partial charge in [-0.1, -0.05) is 66.5 Å². The Kier molecular flexibility index (Phi) is 7.82. The molecule has 0 fully saturated rings. The predicted molar refractivity (Wildman–Crippen MR) is 155 cm³/mol. The number of aliphatic imine (C=N–C) groups is 1. The summed E-state index contributed by atoms with van der Waals surface area (Å²) in [4.78, 5) is 19.1. The van der Waals surface area contributed by atoms with Crippen LogP contribution in [0.2, 0.25) is 0 Å². The smallest absolute Gasteiger partial charge is 0.338 e. The topological polar surface area (TPSA) is 71.4 Å². The van der Waals surface area contributed by atoms with Crippen molar-refractivity contribution in [2.24, 2.45) is 4.99 Å². The number of methoxy groups -OCH3 is 2. The number of fused-ring (bicyclic) bond motifs is 3. The zero-order valence-electron chi connectivity index (χ0n) is 22.9. The van der Waals surface area contributed by atoms with Gasteiger partial charge in [-0.05, 0) is 47.2 Å². The molecule has 0 aromatic heterocycles. The van der Waals surface area contributed by atoms with Gasteiger partial charge in [0.25, 0.3) is 0 Å². The van der Waals surface area contributed by atoms with E-state index in [1.54, 1.807) is 7.11 Å². The lowest BCUT2D eigenvalue weighted by molar-refractivity contribution is -0.146. The van der Waals surface area contributed by atoms with Gasteiger partial charge in [-0.15, -0.1) is 0 Å². The van der Waals surface area contributed by atoms with E-state index in [0.717, 1.165) is 43.8 Å². The number of unbranched alkanes of at least 4 members (excludes halogenated alkanes) is 1. The van der Waals surface area contributed by atoms with Crippen LogP contribution < -0.4 is 14.1 Å². The molecule has 0 spiro atoms. The number of hydrogen-bond acceptors (Lipinski definition) is 6. The van der Waals surface area contributed by atoms with Gasteiger partial charge in [0, 0.05) is 24.6 Å². The highest BCUT2D eigenvalue weighted by molar-refractivity contribution is 6.12. The van der Waals surface area contributed by atoms with Crippen LogP contribution in [0.15, 0.2) is 65.7 Å². The van der Waals surface area contributed by atoms with E-state index in [4.69, 9.17) is 14.5 Å². The maximum Gasteiger partial charge on any atom is 0.338 e. The molecule has 1 atom stereocenters. The maximum atomic E-state index is 12.0. The second-order valence-corrected chi connectivity index (χ2v) is 10.0. The summed E-state index contributed by atoms with van der Waals surface area (Å²) in [6.07, 6.45) is 5.89. The Morgan fingerprint density at radius 3 is 2.51 bits per heavy atom. The second kappa shape index (κ2) is 11.4. The standard InChI is InChI=1S/C32H36N3O4/c1-4-5-18-35(37,22-36)29-19-24(20-30(38-2)31(29)39-3)11-10-23-12-14-25(15-13-23)28-21-26-8-6-7-9-27(26)32-33-16-17-34(28)32/h6-9,12-15,19-22,37H,4-5,10-11,16-18H2,1-3H3/q+1. The molecular weight excluding hydrogens is 490 g/mol. The Balaban J connectivity index is 1.37. The Morgan fingerprint density at radius 2 is 1.79 bits per heavy atom. The third kappa shape index (κ3) is 5.20. The number of hydrogen-bond donors (Lipinski definition) is 1. The van der Waals surface area contributed by atoms with Gasteiger partial charge in [0.05, 0.1) is 26.5 Å². The van der Waals surface area contributed by atoms with Crippen molar-refractivity contribution in [3.63, 3.8) is 0 Å². The molecule has 7 nitrogen and oxygen atoms in total. The first kappa shape index (κ1) is 26.7. The number of nitrogens with zero attached hydrogens (tertiary/aromatic N) is 3. The first-order valence-corrected chi connectivity index (χ1v) is 13.6. The lowest BCUT2D eigenvalue weighted by Crippen LogP contribution is -2.45.